The molecule has 2 aromatic rings. The standard InChI is InChI=1S/C29H39B2O4/c1-18(2)29(11)23-16-19(30-33-26(5,6)25(3,4)32)12-14-21(23)22-15-13-20(17-24(22)29)31-34-27(7,8)28(9,10)35-31/h12-17,32H,1H2,2-11H3. The molecule has 0 saturated carbocycles. The first-order valence-corrected chi connectivity index (χ1v) is 12.5. The van der Waals surface area contributed by atoms with Gasteiger partial charge in [0.1, 0.15) is 0 Å². The zero-order valence-corrected chi connectivity index (χ0v) is 23.0. The van der Waals surface area contributed by atoms with Crippen LogP contribution >= 0.6 is 0 Å². The maximum Gasteiger partial charge on any atom is 0.494 e. The van der Waals surface area contributed by atoms with E-state index in [1.165, 1.54) is 22.3 Å². The van der Waals surface area contributed by atoms with E-state index in [0.717, 1.165) is 16.5 Å². The molecule has 1 N–H and O–H groups in total. The van der Waals surface area contributed by atoms with Gasteiger partial charge in [0.2, 0.25) is 0 Å². The Morgan fingerprint density at radius 3 is 1.94 bits per heavy atom. The van der Waals surface area contributed by atoms with E-state index in [1.54, 1.807) is 21.3 Å². The van der Waals surface area contributed by atoms with Crippen LogP contribution < -0.4 is 10.9 Å². The smallest absolute Gasteiger partial charge is 0.427 e. The molecule has 0 bridgehead atoms. The molecule has 1 atom stereocenters. The van der Waals surface area contributed by atoms with Crippen LogP contribution in [0, 0.1) is 0 Å². The Balaban J connectivity index is 1.71. The third kappa shape index (κ3) is 4.13. The van der Waals surface area contributed by atoms with Gasteiger partial charge in [-0.05, 0) is 97.0 Å². The van der Waals surface area contributed by atoms with Gasteiger partial charge in [-0.15, -0.1) is 0 Å². The van der Waals surface area contributed by atoms with Crippen molar-refractivity contribution in [3.05, 3.63) is 59.7 Å². The van der Waals surface area contributed by atoms with Crippen LogP contribution in [0.15, 0.2) is 48.6 Å². The van der Waals surface area contributed by atoms with Crippen LogP contribution in [-0.2, 0) is 19.4 Å². The minimum Gasteiger partial charge on any atom is -0.427 e. The molecule has 1 unspecified atom stereocenters. The van der Waals surface area contributed by atoms with Gasteiger partial charge in [-0.25, -0.2) is 0 Å². The molecule has 2 aromatic carbocycles. The highest BCUT2D eigenvalue weighted by Crippen LogP contribution is 2.51. The highest BCUT2D eigenvalue weighted by Gasteiger charge is 2.52. The van der Waals surface area contributed by atoms with Crippen molar-refractivity contribution in [3.8, 4) is 11.1 Å². The Kier molecular flexibility index (Phi) is 6.05. The van der Waals surface area contributed by atoms with E-state index in [0.29, 0.717) is 0 Å². The molecule has 1 saturated heterocycles. The van der Waals surface area contributed by atoms with Crippen LogP contribution in [0.2, 0.25) is 0 Å². The number of rotatable bonds is 6. The molecule has 1 aliphatic carbocycles. The molecule has 0 spiro atoms. The number of allylic oxidation sites excluding steroid dienone is 1. The monoisotopic (exact) mass is 473 g/mol. The molecule has 4 nitrogen and oxygen atoms in total. The Hall–Kier alpha value is -1.85. The quantitative estimate of drug-likeness (QED) is 0.490. The SMILES string of the molecule is C=C(C)C1(C)c2cc([B]OC(C)(C)C(C)(C)O)ccc2-c2ccc(B3OC(C)(C)C(C)(C)O3)cc21. The van der Waals surface area contributed by atoms with E-state index < -0.39 is 18.3 Å². The first kappa shape index (κ1) is 26.2. The second-order valence-electron chi connectivity index (χ2n) is 12.4. The molecule has 0 amide bonds. The minimum atomic E-state index is -0.980. The van der Waals surface area contributed by atoms with Gasteiger partial charge in [0.05, 0.1) is 22.4 Å². The molecule has 0 aromatic heterocycles. The average molecular weight is 473 g/mol. The van der Waals surface area contributed by atoms with Crippen molar-refractivity contribution in [2.24, 2.45) is 0 Å². The lowest BCUT2D eigenvalue weighted by molar-refractivity contribution is -0.0893. The number of benzene rings is 2. The van der Waals surface area contributed by atoms with Gasteiger partial charge in [-0.2, -0.15) is 0 Å². The van der Waals surface area contributed by atoms with Gasteiger partial charge in [0.15, 0.2) is 0 Å². The molecule has 6 heteroatoms. The van der Waals surface area contributed by atoms with Crippen molar-refractivity contribution in [1.29, 1.82) is 0 Å². The molecule has 1 fully saturated rings. The Labute approximate surface area is 212 Å². The zero-order chi connectivity index (χ0) is 26.2. The van der Waals surface area contributed by atoms with Crippen LogP contribution in [0.5, 0.6) is 0 Å². The fourth-order valence-electron chi connectivity index (χ4n) is 4.58. The second-order valence-corrected chi connectivity index (χ2v) is 12.4. The first-order chi connectivity index (χ1) is 15.9. The number of fused-ring (bicyclic) bond motifs is 3. The molecular formula is C29H39B2O4. The maximum atomic E-state index is 10.5. The van der Waals surface area contributed by atoms with Crippen LogP contribution in [0.1, 0.15) is 80.4 Å². The summed E-state index contributed by atoms with van der Waals surface area (Å²) in [5, 5.41) is 10.5. The topological polar surface area (TPSA) is 47.9 Å². The van der Waals surface area contributed by atoms with Crippen LogP contribution in [0.25, 0.3) is 11.1 Å². The largest absolute Gasteiger partial charge is 0.494 e. The van der Waals surface area contributed by atoms with Crippen LogP contribution in [0.3, 0.4) is 0 Å². The summed E-state index contributed by atoms with van der Waals surface area (Å²) < 4.78 is 18.7. The van der Waals surface area contributed by atoms with E-state index in [1.807, 2.05) is 13.8 Å². The number of hydrogen-bond donors (Lipinski definition) is 1. The summed E-state index contributed by atoms with van der Waals surface area (Å²) in [5.41, 5.74) is 5.00. The lowest BCUT2D eigenvalue weighted by Crippen LogP contribution is -2.49. The van der Waals surface area contributed by atoms with Crippen molar-refractivity contribution >= 4 is 25.5 Å². The first-order valence-electron chi connectivity index (χ1n) is 12.5. The lowest BCUT2D eigenvalue weighted by atomic mass is 9.70. The van der Waals surface area contributed by atoms with E-state index in [9.17, 15) is 5.11 Å². The summed E-state index contributed by atoms with van der Waals surface area (Å²) in [6.07, 6.45) is 0. The molecule has 1 radical (unpaired) electrons. The minimum absolute atomic E-state index is 0.361. The zero-order valence-electron chi connectivity index (χ0n) is 23.0. The van der Waals surface area contributed by atoms with E-state index in [4.69, 9.17) is 14.0 Å². The Morgan fingerprint density at radius 2 is 1.43 bits per heavy atom. The van der Waals surface area contributed by atoms with Crippen molar-refractivity contribution in [2.45, 2.75) is 97.1 Å². The second kappa shape index (κ2) is 8.08. The third-order valence-electron chi connectivity index (χ3n) is 8.80. The summed E-state index contributed by atoms with van der Waals surface area (Å²) in [6.45, 7) is 24.3. The average Bonchev–Trinajstić information content (AvgIpc) is 3.12. The third-order valence-corrected chi connectivity index (χ3v) is 8.80. The summed E-state index contributed by atoms with van der Waals surface area (Å²) in [5.74, 6) is 0. The summed E-state index contributed by atoms with van der Waals surface area (Å²) in [7, 11) is 1.33. The van der Waals surface area contributed by atoms with Crippen molar-refractivity contribution in [2.75, 3.05) is 0 Å². The summed E-state index contributed by atoms with van der Waals surface area (Å²) in [4.78, 5) is 0. The molecule has 4 rings (SSSR count). The van der Waals surface area contributed by atoms with E-state index in [2.05, 4.69) is 84.5 Å². The molecule has 2 aliphatic rings. The fourth-order valence-corrected chi connectivity index (χ4v) is 4.58. The normalized spacial score (nSPS) is 22.7. The van der Waals surface area contributed by atoms with Gasteiger partial charge in [-0.1, -0.05) is 54.0 Å². The Bertz CT molecular complexity index is 1160. The summed E-state index contributed by atoms with van der Waals surface area (Å²) in [6, 6.07) is 12.9. The maximum absolute atomic E-state index is 10.5. The molecule has 1 aliphatic heterocycles. The van der Waals surface area contributed by atoms with Crippen molar-refractivity contribution < 1.29 is 19.1 Å². The number of aliphatic hydroxyl groups is 1. The highest BCUT2D eigenvalue weighted by atomic mass is 16.7. The molecular weight excluding hydrogens is 434 g/mol. The highest BCUT2D eigenvalue weighted by molar-refractivity contribution is 6.62. The van der Waals surface area contributed by atoms with Crippen LogP contribution in [0.4, 0.5) is 0 Å². The van der Waals surface area contributed by atoms with Gasteiger partial charge < -0.3 is 19.1 Å². The molecule has 1 heterocycles. The van der Waals surface area contributed by atoms with E-state index >= 15 is 0 Å². The van der Waals surface area contributed by atoms with Crippen molar-refractivity contribution in [1.82, 2.24) is 0 Å². The fraction of sp³-hybridized carbons (Fsp3) is 0.517. The molecule has 185 valence electrons. The predicted molar refractivity (Wildman–Crippen MR) is 146 cm³/mol. The van der Waals surface area contributed by atoms with E-state index in [-0.39, 0.29) is 16.6 Å². The van der Waals surface area contributed by atoms with Crippen LogP contribution in [-0.4, -0.2) is 42.1 Å². The van der Waals surface area contributed by atoms with Crippen molar-refractivity contribution in [3.63, 3.8) is 0 Å². The van der Waals surface area contributed by atoms with Gasteiger partial charge in [0, 0.05) is 5.41 Å². The predicted octanol–water partition coefficient (Wildman–Crippen LogP) is 4.66. The van der Waals surface area contributed by atoms with Gasteiger partial charge in [0.25, 0.3) is 0 Å². The van der Waals surface area contributed by atoms with Gasteiger partial charge >= 0.3 is 14.6 Å². The van der Waals surface area contributed by atoms with Gasteiger partial charge in [-0.3, -0.25) is 0 Å². The molecule has 35 heavy (non-hydrogen) atoms. The lowest BCUT2D eigenvalue weighted by Gasteiger charge is -2.37. The Morgan fingerprint density at radius 1 is 0.914 bits per heavy atom. The number of hydrogen-bond acceptors (Lipinski definition) is 4. The summed E-state index contributed by atoms with van der Waals surface area (Å²) >= 11 is 0.